The molecule has 3 heterocycles. The number of rotatable bonds is 4. The van der Waals surface area contributed by atoms with Crippen LogP contribution in [-0.4, -0.2) is 33.6 Å². The molecule has 8 heteroatoms. The summed E-state index contributed by atoms with van der Waals surface area (Å²) in [6.45, 7) is 4.06. The number of amides is 1. The van der Waals surface area contributed by atoms with E-state index in [9.17, 15) is 9.59 Å². The standard InChI is InChI=1S/C23H27N5O2S/c1-15-8-10-16(11-9-15)13-24-20(29)17-5-4-12-27(14-17)23-26-28-21(30)18-6-2-3-7-19(18)25-22(28)31-23/h8-11,17H,2-7,12-14H2,1H3,(H,24,29). The molecule has 2 aliphatic rings. The molecule has 1 unspecified atom stereocenters. The number of hydrogen-bond acceptors (Lipinski definition) is 6. The van der Waals surface area contributed by atoms with Gasteiger partial charge in [0.05, 0.1) is 11.6 Å². The number of piperidine rings is 1. The highest BCUT2D eigenvalue weighted by Crippen LogP contribution is 2.28. The molecule has 1 aliphatic carbocycles. The molecular weight excluding hydrogens is 410 g/mol. The van der Waals surface area contributed by atoms with Gasteiger partial charge in [0.1, 0.15) is 0 Å². The Bertz CT molecular complexity index is 1170. The molecule has 2 aromatic heterocycles. The maximum Gasteiger partial charge on any atom is 0.278 e. The van der Waals surface area contributed by atoms with Crippen LogP contribution in [0.4, 0.5) is 5.13 Å². The summed E-state index contributed by atoms with van der Waals surface area (Å²) >= 11 is 1.45. The van der Waals surface area contributed by atoms with Crippen molar-refractivity contribution >= 4 is 27.3 Å². The largest absolute Gasteiger partial charge is 0.352 e. The number of hydrogen-bond donors (Lipinski definition) is 1. The highest BCUT2D eigenvalue weighted by molar-refractivity contribution is 7.20. The van der Waals surface area contributed by atoms with Gasteiger partial charge in [0.2, 0.25) is 16.0 Å². The van der Waals surface area contributed by atoms with Crippen LogP contribution in [0.2, 0.25) is 0 Å². The van der Waals surface area contributed by atoms with Gasteiger partial charge in [0.15, 0.2) is 0 Å². The predicted octanol–water partition coefficient (Wildman–Crippen LogP) is 2.87. The SMILES string of the molecule is Cc1ccc(CNC(=O)C2CCCN(c3nn4c(=O)c5c(nc4s3)CCCC5)C2)cc1. The van der Waals surface area contributed by atoms with E-state index >= 15 is 0 Å². The van der Waals surface area contributed by atoms with Crippen LogP contribution in [-0.2, 0) is 24.2 Å². The molecule has 0 radical (unpaired) electrons. The second-order valence-electron chi connectivity index (χ2n) is 8.62. The number of aryl methyl sites for hydroxylation is 2. The normalized spacial score (nSPS) is 18.7. The van der Waals surface area contributed by atoms with E-state index in [2.05, 4.69) is 34.4 Å². The summed E-state index contributed by atoms with van der Waals surface area (Å²) in [6.07, 6.45) is 5.60. The number of carbonyl (C=O) groups is 1. The lowest BCUT2D eigenvalue weighted by Gasteiger charge is -2.31. The van der Waals surface area contributed by atoms with Gasteiger partial charge in [-0.25, -0.2) is 4.98 Å². The van der Waals surface area contributed by atoms with Crippen LogP contribution in [0.3, 0.4) is 0 Å². The van der Waals surface area contributed by atoms with Crippen molar-refractivity contribution in [2.24, 2.45) is 5.92 Å². The van der Waals surface area contributed by atoms with Crippen molar-refractivity contribution in [2.75, 3.05) is 18.0 Å². The first-order chi connectivity index (χ1) is 15.1. The fraction of sp³-hybridized carbons (Fsp3) is 0.478. The van der Waals surface area contributed by atoms with E-state index in [4.69, 9.17) is 4.98 Å². The molecule has 5 rings (SSSR count). The Morgan fingerprint density at radius 3 is 2.84 bits per heavy atom. The van der Waals surface area contributed by atoms with Crippen LogP contribution in [0.15, 0.2) is 29.1 Å². The van der Waals surface area contributed by atoms with Gasteiger partial charge in [0.25, 0.3) is 5.56 Å². The summed E-state index contributed by atoms with van der Waals surface area (Å²) in [7, 11) is 0. The van der Waals surface area contributed by atoms with Gasteiger partial charge in [-0.3, -0.25) is 9.59 Å². The lowest BCUT2D eigenvalue weighted by molar-refractivity contribution is -0.125. The highest BCUT2D eigenvalue weighted by atomic mass is 32.1. The summed E-state index contributed by atoms with van der Waals surface area (Å²) in [5, 5.41) is 8.46. The molecule has 1 aliphatic heterocycles. The Labute approximate surface area is 185 Å². The van der Waals surface area contributed by atoms with Crippen molar-refractivity contribution in [1.82, 2.24) is 19.9 Å². The molecule has 0 spiro atoms. The van der Waals surface area contributed by atoms with Crippen molar-refractivity contribution in [2.45, 2.75) is 52.0 Å². The Balaban J connectivity index is 1.30. The monoisotopic (exact) mass is 437 g/mol. The van der Waals surface area contributed by atoms with Gasteiger partial charge < -0.3 is 10.2 Å². The first-order valence-corrected chi connectivity index (χ1v) is 11.9. The first kappa shape index (κ1) is 20.2. The number of nitrogens with one attached hydrogen (secondary N) is 1. The molecule has 7 nitrogen and oxygen atoms in total. The van der Waals surface area contributed by atoms with Gasteiger partial charge in [-0.15, -0.1) is 5.10 Å². The average molecular weight is 438 g/mol. The fourth-order valence-electron chi connectivity index (χ4n) is 4.49. The van der Waals surface area contributed by atoms with Crippen molar-refractivity contribution in [3.63, 3.8) is 0 Å². The minimum atomic E-state index is -0.0795. The lowest BCUT2D eigenvalue weighted by atomic mass is 9.97. The second-order valence-corrected chi connectivity index (χ2v) is 9.55. The molecule has 1 saturated heterocycles. The first-order valence-electron chi connectivity index (χ1n) is 11.1. The molecule has 1 N–H and O–H groups in total. The Kier molecular flexibility index (Phi) is 5.48. The molecule has 1 aromatic carbocycles. The molecule has 1 fully saturated rings. The van der Waals surface area contributed by atoms with Crippen LogP contribution in [0.25, 0.3) is 4.96 Å². The van der Waals surface area contributed by atoms with E-state index in [-0.39, 0.29) is 17.4 Å². The molecule has 162 valence electrons. The van der Waals surface area contributed by atoms with E-state index in [1.54, 1.807) is 0 Å². The van der Waals surface area contributed by atoms with E-state index in [1.165, 1.54) is 21.4 Å². The summed E-state index contributed by atoms with van der Waals surface area (Å²) < 4.78 is 1.46. The number of nitrogens with zero attached hydrogens (tertiary/aromatic N) is 4. The third-order valence-corrected chi connectivity index (χ3v) is 7.29. The van der Waals surface area contributed by atoms with Crippen molar-refractivity contribution in [3.05, 3.63) is 57.0 Å². The van der Waals surface area contributed by atoms with E-state index in [0.29, 0.717) is 18.1 Å². The zero-order valence-corrected chi connectivity index (χ0v) is 18.6. The molecule has 0 bridgehead atoms. The summed E-state index contributed by atoms with van der Waals surface area (Å²) in [5.74, 6) is 0.00115. The predicted molar refractivity (Wildman–Crippen MR) is 122 cm³/mol. The Morgan fingerprint density at radius 2 is 2.00 bits per heavy atom. The van der Waals surface area contributed by atoms with Crippen molar-refractivity contribution in [1.29, 1.82) is 0 Å². The quantitative estimate of drug-likeness (QED) is 0.679. The zero-order valence-electron chi connectivity index (χ0n) is 17.8. The number of carbonyl (C=O) groups excluding carboxylic acids is 1. The van der Waals surface area contributed by atoms with Crippen molar-refractivity contribution in [3.8, 4) is 0 Å². The number of aromatic nitrogens is 3. The van der Waals surface area contributed by atoms with Crippen LogP contribution >= 0.6 is 11.3 Å². The summed E-state index contributed by atoms with van der Waals surface area (Å²) in [5.41, 5.74) is 4.06. The smallest absolute Gasteiger partial charge is 0.278 e. The van der Waals surface area contributed by atoms with Gasteiger partial charge >= 0.3 is 0 Å². The van der Waals surface area contributed by atoms with Crippen molar-refractivity contribution < 1.29 is 4.79 Å². The Morgan fingerprint density at radius 1 is 1.19 bits per heavy atom. The van der Waals surface area contributed by atoms with E-state index < -0.39 is 0 Å². The third kappa shape index (κ3) is 4.08. The molecule has 0 saturated carbocycles. The average Bonchev–Trinajstić information content (AvgIpc) is 3.23. The number of fused-ring (bicyclic) bond motifs is 2. The third-order valence-electron chi connectivity index (χ3n) is 6.32. The number of anilines is 1. The zero-order chi connectivity index (χ0) is 21.4. The van der Waals surface area contributed by atoms with Crippen LogP contribution in [0, 0.1) is 12.8 Å². The van der Waals surface area contributed by atoms with E-state index in [1.807, 2.05) is 12.1 Å². The van der Waals surface area contributed by atoms with E-state index in [0.717, 1.165) is 67.0 Å². The van der Waals surface area contributed by atoms with Crippen LogP contribution in [0.5, 0.6) is 0 Å². The second kappa shape index (κ2) is 8.42. The highest BCUT2D eigenvalue weighted by Gasteiger charge is 2.28. The van der Waals surface area contributed by atoms with Crippen LogP contribution < -0.4 is 15.8 Å². The summed E-state index contributed by atoms with van der Waals surface area (Å²) in [6, 6.07) is 8.22. The number of benzene rings is 1. The molecule has 1 amide bonds. The topological polar surface area (TPSA) is 79.6 Å². The molecule has 1 atom stereocenters. The van der Waals surface area contributed by atoms with Gasteiger partial charge in [-0.05, 0) is 51.0 Å². The van der Waals surface area contributed by atoms with Gasteiger partial charge in [-0.1, -0.05) is 41.2 Å². The minimum absolute atomic E-state index is 0.0217. The summed E-state index contributed by atoms with van der Waals surface area (Å²) in [4.78, 5) is 33.2. The Hall–Kier alpha value is -2.74. The van der Waals surface area contributed by atoms with Gasteiger partial charge in [-0.2, -0.15) is 4.52 Å². The maximum atomic E-state index is 12.9. The lowest BCUT2D eigenvalue weighted by Crippen LogP contribution is -2.43. The molecule has 31 heavy (non-hydrogen) atoms. The minimum Gasteiger partial charge on any atom is -0.352 e. The maximum absolute atomic E-state index is 12.9. The fourth-order valence-corrected chi connectivity index (χ4v) is 5.44. The molecular formula is C23H27N5O2S. The van der Waals surface area contributed by atoms with Gasteiger partial charge in [0, 0.05) is 25.2 Å². The van der Waals surface area contributed by atoms with Crippen LogP contribution in [0.1, 0.15) is 48.1 Å². The molecule has 3 aromatic rings.